The van der Waals surface area contributed by atoms with E-state index in [1.807, 2.05) is 11.6 Å². The Morgan fingerprint density at radius 3 is 2.89 bits per heavy atom. The van der Waals surface area contributed by atoms with Gasteiger partial charge in [0, 0.05) is 36.2 Å². The number of nitrogens with zero attached hydrogens (tertiary/aromatic N) is 5. The van der Waals surface area contributed by atoms with E-state index in [2.05, 4.69) is 49.4 Å². The Bertz CT molecular complexity index is 631. The van der Waals surface area contributed by atoms with Crippen LogP contribution < -0.4 is 4.90 Å². The van der Waals surface area contributed by atoms with Crippen LogP contribution in [0.2, 0.25) is 5.28 Å². The van der Waals surface area contributed by atoms with Gasteiger partial charge in [-0.05, 0) is 18.5 Å². The Balaban J connectivity index is 2.19. The molecule has 0 saturated carbocycles. The first kappa shape index (κ1) is 13.3. The van der Waals surface area contributed by atoms with Gasteiger partial charge in [-0.15, -0.1) is 0 Å². The van der Waals surface area contributed by atoms with Gasteiger partial charge in [0.15, 0.2) is 20.8 Å². The molecule has 0 bridgehead atoms. The molecule has 19 heavy (non-hydrogen) atoms. The molecular formula is C11H13ClIN5O. The molecule has 2 aromatic heterocycles. The van der Waals surface area contributed by atoms with Crippen LogP contribution in [0.3, 0.4) is 0 Å². The minimum Gasteiger partial charge on any atom is -0.377 e. The first-order valence-corrected chi connectivity index (χ1v) is 7.43. The number of rotatable bonds is 1. The molecule has 1 aliphatic heterocycles. The van der Waals surface area contributed by atoms with E-state index in [-0.39, 0.29) is 11.3 Å². The highest BCUT2D eigenvalue weighted by Gasteiger charge is 2.25. The molecule has 0 spiro atoms. The molecule has 6 nitrogen and oxygen atoms in total. The number of imidazole rings is 1. The highest BCUT2D eigenvalue weighted by atomic mass is 127. The number of aryl methyl sites for hydroxylation is 1. The third kappa shape index (κ3) is 2.27. The summed E-state index contributed by atoms with van der Waals surface area (Å²) < 4.78 is 8.24. The van der Waals surface area contributed by atoms with Crippen molar-refractivity contribution in [2.75, 3.05) is 24.7 Å². The van der Waals surface area contributed by atoms with Crippen LogP contribution >= 0.6 is 34.2 Å². The zero-order chi connectivity index (χ0) is 13.6. The van der Waals surface area contributed by atoms with E-state index in [0.29, 0.717) is 13.2 Å². The summed E-state index contributed by atoms with van der Waals surface area (Å²) in [5.41, 5.74) is 1.56. The van der Waals surface area contributed by atoms with Crippen molar-refractivity contribution in [3.8, 4) is 0 Å². The predicted molar refractivity (Wildman–Crippen MR) is 81.7 cm³/mol. The van der Waals surface area contributed by atoms with Gasteiger partial charge in [-0.2, -0.15) is 9.97 Å². The smallest absolute Gasteiger partial charge is 0.226 e. The monoisotopic (exact) mass is 393 g/mol. The SMILES string of the molecule is CC1COCCN1c1nc(Cl)nc2c1nc(I)n2C. The number of halogens is 2. The Labute approximate surface area is 129 Å². The van der Waals surface area contributed by atoms with Gasteiger partial charge in [0.05, 0.1) is 19.3 Å². The van der Waals surface area contributed by atoms with Crippen molar-refractivity contribution in [2.24, 2.45) is 7.05 Å². The normalized spacial score (nSPS) is 20.2. The summed E-state index contributed by atoms with van der Waals surface area (Å²) >= 11 is 8.23. The van der Waals surface area contributed by atoms with Crippen LogP contribution in [-0.4, -0.2) is 45.3 Å². The fourth-order valence-electron chi connectivity index (χ4n) is 2.24. The molecular weight excluding hydrogens is 381 g/mol. The van der Waals surface area contributed by atoms with Crippen molar-refractivity contribution in [1.82, 2.24) is 19.5 Å². The summed E-state index contributed by atoms with van der Waals surface area (Å²) in [6.45, 7) is 4.27. The molecule has 0 aliphatic carbocycles. The lowest BCUT2D eigenvalue weighted by atomic mass is 10.2. The van der Waals surface area contributed by atoms with Crippen LogP contribution in [0.5, 0.6) is 0 Å². The lowest BCUT2D eigenvalue weighted by molar-refractivity contribution is 0.0986. The summed E-state index contributed by atoms with van der Waals surface area (Å²) in [6.07, 6.45) is 0. The summed E-state index contributed by atoms with van der Waals surface area (Å²) in [6, 6.07) is 0.252. The van der Waals surface area contributed by atoms with E-state index in [1.165, 1.54) is 0 Å². The van der Waals surface area contributed by atoms with Crippen molar-refractivity contribution in [1.29, 1.82) is 0 Å². The van der Waals surface area contributed by atoms with Crippen LogP contribution in [-0.2, 0) is 11.8 Å². The number of aromatic nitrogens is 4. The van der Waals surface area contributed by atoms with Crippen LogP contribution in [0.25, 0.3) is 11.2 Å². The van der Waals surface area contributed by atoms with Crippen LogP contribution in [0, 0.1) is 3.83 Å². The number of hydrogen-bond acceptors (Lipinski definition) is 5. The van der Waals surface area contributed by atoms with Gasteiger partial charge in [0.25, 0.3) is 0 Å². The minimum absolute atomic E-state index is 0.251. The van der Waals surface area contributed by atoms with E-state index >= 15 is 0 Å². The van der Waals surface area contributed by atoms with Gasteiger partial charge in [0.1, 0.15) is 0 Å². The molecule has 0 amide bonds. The zero-order valence-electron chi connectivity index (χ0n) is 10.6. The first-order chi connectivity index (χ1) is 9.08. The van der Waals surface area contributed by atoms with Crippen LogP contribution in [0.15, 0.2) is 0 Å². The van der Waals surface area contributed by atoms with E-state index < -0.39 is 0 Å². The maximum atomic E-state index is 6.05. The van der Waals surface area contributed by atoms with Gasteiger partial charge in [-0.25, -0.2) is 4.98 Å². The Hall–Kier alpha value is -0.670. The number of hydrogen-bond donors (Lipinski definition) is 0. The largest absolute Gasteiger partial charge is 0.377 e. The van der Waals surface area contributed by atoms with Crippen molar-refractivity contribution in [3.05, 3.63) is 9.11 Å². The van der Waals surface area contributed by atoms with Crippen molar-refractivity contribution in [2.45, 2.75) is 13.0 Å². The third-order valence-electron chi connectivity index (χ3n) is 3.26. The average molecular weight is 394 g/mol. The predicted octanol–water partition coefficient (Wildman–Crippen LogP) is 1.85. The third-order valence-corrected chi connectivity index (χ3v) is 4.39. The van der Waals surface area contributed by atoms with Gasteiger partial charge in [-0.1, -0.05) is 0 Å². The molecule has 3 rings (SSSR count). The van der Waals surface area contributed by atoms with E-state index in [0.717, 1.165) is 27.4 Å². The number of morpholine rings is 1. The average Bonchev–Trinajstić information content (AvgIpc) is 2.66. The van der Waals surface area contributed by atoms with E-state index in [1.54, 1.807) is 0 Å². The Morgan fingerprint density at radius 2 is 2.16 bits per heavy atom. The summed E-state index contributed by atoms with van der Waals surface area (Å²) in [7, 11) is 1.92. The maximum absolute atomic E-state index is 6.05. The molecule has 0 radical (unpaired) electrons. The molecule has 1 saturated heterocycles. The standard InChI is InChI=1S/C11H13ClIN5O/c1-6-5-19-4-3-18(6)9-7-8(15-10(12)16-9)17(2)11(13)14-7/h6H,3-5H2,1-2H3. The lowest BCUT2D eigenvalue weighted by Crippen LogP contribution is -2.44. The van der Waals surface area contributed by atoms with Crippen molar-refractivity contribution in [3.63, 3.8) is 0 Å². The highest BCUT2D eigenvalue weighted by Crippen LogP contribution is 2.28. The molecule has 8 heteroatoms. The first-order valence-electron chi connectivity index (χ1n) is 5.98. The molecule has 1 aliphatic rings. The molecule has 3 heterocycles. The molecule has 1 atom stereocenters. The number of anilines is 1. The van der Waals surface area contributed by atoms with E-state index in [4.69, 9.17) is 16.3 Å². The highest BCUT2D eigenvalue weighted by molar-refractivity contribution is 14.1. The van der Waals surface area contributed by atoms with Gasteiger partial charge < -0.3 is 14.2 Å². The second-order valence-corrected chi connectivity index (χ2v) is 5.85. The molecule has 0 aromatic carbocycles. The Morgan fingerprint density at radius 1 is 1.37 bits per heavy atom. The van der Waals surface area contributed by atoms with Gasteiger partial charge in [-0.3, -0.25) is 0 Å². The van der Waals surface area contributed by atoms with Gasteiger partial charge in [0.2, 0.25) is 5.28 Å². The molecule has 1 fully saturated rings. The van der Waals surface area contributed by atoms with E-state index in [9.17, 15) is 0 Å². The lowest BCUT2D eigenvalue weighted by Gasteiger charge is -2.34. The summed E-state index contributed by atoms with van der Waals surface area (Å²) in [4.78, 5) is 15.4. The fraction of sp³-hybridized carbons (Fsp3) is 0.545. The zero-order valence-corrected chi connectivity index (χ0v) is 13.5. The Kier molecular flexibility index (Phi) is 3.52. The molecule has 2 aromatic rings. The van der Waals surface area contributed by atoms with Crippen molar-refractivity contribution < 1.29 is 4.74 Å². The topological polar surface area (TPSA) is 56.1 Å². The second-order valence-electron chi connectivity index (χ2n) is 4.55. The second kappa shape index (κ2) is 5.02. The van der Waals surface area contributed by atoms with Crippen LogP contribution in [0.1, 0.15) is 6.92 Å². The molecule has 102 valence electrons. The number of fused-ring (bicyclic) bond motifs is 1. The summed E-state index contributed by atoms with van der Waals surface area (Å²) in [5, 5.41) is 0.251. The minimum atomic E-state index is 0.251. The number of ether oxygens (including phenoxy) is 1. The quantitative estimate of drug-likeness (QED) is 0.420. The fourth-order valence-corrected chi connectivity index (χ4v) is 2.87. The van der Waals surface area contributed by atoms with Crippen LogP contribution in [0.4, 0.5) is 5.82 Å². The molecule has 1 unspecified atom stereocenters. The summed E-state index contributed by atoms with van der Waals surface area (Å²) in [5.74, 6) is 0.796. The molecule has 0 N–H and O–H groups in total. The maximum Gasteiger partial charge on any atom is 0.226 e. The van der Waals surface area contributed by atoms with Crippen molar-refractivity contribution >= 4 is 51.2 Å². The van der Waals surface area contributed by atoms with Gasteiger partial charge >= 0.3 is 0 Å².